The first-order valence-corrected chi connectivity index (χ1v) is 15.6. The Bertz CT molecular complexity index is 1360. The van der Waals surface area contributed by atoms with Gasteiger partial charge in [-0.2, -0.15) is 0 Å². The van der Waals surface area contributed by atoms with Gasteiger partial charge in [0.2, 0.25) is 21.8 Å². The molecule has 40 heavy (non-hydrogen) atoms. The Kier molecular flexibility index (Phi) is 11.3. The zero-order valence-electron chi connectivity index (χ0n) is 24.0. The van der Waals surface area contributed by atoms with Crippen molar-refractivity contribution >= 4 is 27.5 Å². The number of carbonyl (C=O) groups excluding carboxylic acids is 2. The van der Waals surface area contributed by atoms with E-state index in [0.29, 0.717) is 25.1 Å². The number of hydrogen-bond donors (Lipinski definition) is 1. The van der Waals surface area contributed by atoms with Gasteiger partial charge in [0.1, 0.15) is 6.04 Å². The van der Waals surface area contributed by atoms with Crippen LogP contribution in [0.15, 0.2) is 78.9 Å². The lowest BCUT2D eigenvalue weighted by Gasteiger charge is -2.32. The molecule has 0 bridgehead atoms. The molecule has 0 heterocycles. The second kappa shape index (κ2) is 14.7. The van der Waals surface area contributed by atoms with Crippen molar-refractivity contribution in [3.63, 3.8) is 0 Å². The van der Waals surface area contributed by atoms with Gasteiger partial charge in [-0.1, -0.05) is 79.2 Å². The Hall–Kier alpha value is -3.65. The molecule has 2 amide bonds. The molecule has 7 nitrogen and oxygen atoms in total. The van der Waals surface area contributed by atoms with E-state index in [2.05, 4.69) is 5.32 Å². The van der Waals surface area contributed by atoms with E-state index in [-0.39, 0.29) is 31.3 Å². The molecule has 0 radical (unpaired) electrons. The molecule has 0 aromatic heterocycles. The van der Waals surface area contributed by atoms with Crippen molar-refractivity contribution in [3.8, 4) is 0 Å². The second-order valence-corrected chi connectivity index (χ2v) is 12.1. The third-order valence-corrected chi connectivity index (χ3v) is 8.09. The minimum Gasteiger partial charge on any atom is -0.354 e. The highest BCUT2D eigenvalue weighted by Gasteiger charge is 2.30. The molecule has 214 valence electrons. The maximum absolute atomic E-state index is 13.9. The van der Waals surface area contributed by atoms with Crippen LogP contribution in [0.2, 0.25) is 0 Å². The highest BCUT2D eigenvalue weighted by Crippen LogP contribution is 2.21. The van der Waals surface area contributed by atoms with Gasteiger partial charge in [-0.05, 0) is 55.5 Å². The lowest BCUT2D eigenvalue weighted by Crippen LogP contribution is -2.50. The number of hydrogen-bond acceptors (Lipinski definition) is 4. The first-order valence-electron chi connectivity index (χ1n) is 13.8. The van der Waals surface area contributed by atoms with E-state index in [0.717, 1.165) is 28.7 Å². The van der Waals surface area contributed by atoms with Crippen molar-refractivity contribution in [1.82, 2.24) is 10.2 Å². The van der Waals surface area contributed by atoms with Crippen molar-refractivity contribution in [1.29, 1.82) is 0 Å². The van der Waals surface area contributed by atoms with Gasteiger partial charge >= 0.3 is 0 Å². The van der Waals surface area contributed by atoms with Crippen LogP contribution in [0.3, 0.4) is 0 Å². The Morgan fingerprint density at radius 2 is 1.55 bits per heavy atom. The molecular formula is C32H41N3O4S. The number of sulfonamides is 1. The fraction of sp³-hybridized carbons (Fsp3) is 0.375. The van der Waals surface area contributed by atoms with E-state index in [1.165, 1.54) is 10.6 Å². The number of carbonyl (C=O) groups is 2. The molecule has 3 rings (SSSR count). The molecule has 0 aliphatic rings. The maximum Gasteiger partial charge on any atom is 0.243 e. The quantitative estimate of drug-likeness (QED) is 0.299. The molecule has 0 spiro atoms. The summed E-state index contributed by atoms with van der Waals surface area (Å²) in [6.07, 6.45) is 2.77. The molecule has 3 aromatic rings. The molecule has 0 unspecified atom stereocenters. The maximum atomic E-state index is 13.9. The highest BCUT2D eigenvalue weighted by atomic mass is 32.2. The molecule has 1 N–H and O–H groups in total. The molecule has 0 aliphatic carbocycles. The van der Waals surface area contributed by atoms with Crippen LogP contribution in [0.1, 0.15) is 48.4 Å². The monoisotopic (exact) mass is 563 g/mol. The first-order chi connectivity index (χ1) is 19.1. The van der Waals surface area contributed by atoms with E-state index in [1.807, 2.05) is 87.5 Å². The van der Waals surface area contributed by atoms with E-state index in [1.54, 1.807) is 17.0 Å². The lowest BCUT2D eigenvalue weighted by atomic mass is 10.0. The Labute approximate surface area is 239 Å². The van der Waals surface area contributed by atoms with Crippen molar-refractivity contribution in [3.05, 3.63) is 101 Å². The fourth-order valence-corrected chi connectivity index (χ4v) is 5.57. The van der Waals surface area contributed by atoms with Gasteiger partial charge in [-0.15, -0.1) is 0 Å². The van der Waals surface area contributed by atoms with Gasteiger partial charge in [-0.3, -0.25) is 13.9 Å². The summed E-state index contributed by atoms with van der Waals surface area (Å²) < 4.78 is 26.5. The predicted octanol–water partition coefficient (Wildman–Crippen LogP) is 5.02. The summed E-state index contributed by atoms with van der Waals surface area (Å²) in [6, 6.07) is 24.1. The van der Waals surface area contributed by atoms with Crippen LogP contribution in [0.25, 0.3) is 0 Å². The number of aryl methyl sites for hydroxylation is 2. The van der Waals surface area contributed by atoms with Crippen LogP contribution >= 0.6 is 0 Å². The minimum atomic E-state index is -3.54. The zero-order valence-corrected chi connectivity index (χ0v) is 24.8. The number of nitrogens with zero attached hydrogens (tertiary/aromatic N) is 2. The third kappa shape index (κ3) is 8.95. The van der Waals surface area contributed by atoms with E-state index in [4.69, 9.17) is 0 Å². The highest BCUT2D eigenvalue weighted by molar-refractivity contribution is 7.92. The van der Waals surface area contributed by atoms with E-state index >= 15 is 0 Å². The number of rotatable bonds is 14. The number of benzene rings is 3. The summed E-state index contributed by atoms with van der Waals surface area (Å²) in [6.45, 7) is 6.90. The fourth-order valence-electron chi connectivity index (χ4n) is 4.61. The SMILES string of the molecule is CCCNC(=O)[C@@H](Cc1ccccc1)N(Cc1ccccc1C)C(=O)CCCN(c1ccc(C)cc1)S(C)(=O)=O. The van der Waals surface area contributed by atoms with Crippen LogP contribution in [0, 0.1) is 13.8 Å². The van der Waals surface area contributed by atoms with Crippen LogP contribution in [0.5, 0.6) is 0 Å². The molecular weight excluding hydrogens is 522 g/mol. The Morgan fingerprint density at radius 1 is 0.900 bits per heavy atom. The van der Waals surface area contributed by atoms with E-state index in [9.17, 15) is 18.0 Å². The largest absolute Gasteiger partial charge is 0.354 e. The summed E-state index contributed by atoms with van der Waals surface area (Å²) in [5.41, 5.74) is 4.57. The van der Waals surface area contributed by atoms with Gasteiger partial charge in [0.05, 0.1) is 11.9 Å². The standard InChI is InChI=1S/C32H41N3O4S/c1-5-21-33-32(37)30(23-27-13-7-6-8-14-27)34(24-28-15-10-9-12-26(28)3)31(36)16-11-22-35(40(4,38)39)29-19-17-25(2)18-20-29/h6-10,12-15,17-20,30H,5,11,16,21-24H2,1-4H3,(H,33,37)/t30-/m1/s1. The predicted molar refractivity (Wildman–Crippen MR) is 162 cm³/mol. The summed E-state index contributed by atoms with van der Waals surface area (Å²) in [5, 5.41) is 2.99. The normalized spacial score (nSPS) is 12.0. The van der Waals surface area contributed by atoms with Crippen LogP contribution < -0.4 is 9.62 Å². The van der Waals surface area contributed by atoms with Crippen molar-refractivity contribution in [2.24, 2.45) is 0 Å². The van der Waals surface area contributed by atoms with Crippen LogP contribution in [-0.4, -0.2) is 50.5 Å². The van der Waals surface area contributed by atoms with E-state index < -0.39 is 16.1 Å². The van der Waals surface area contributed by atoms with Gasteiger partial charge < -0.3 is 10.2 Å². The van der Waals surface area contributed by atoms with Crippen molar-refractivity contribution in [2.75, 3.05) is 23.7 Å². The van der Waals surface area contributed by atoms with Crippen molar-refractivity contribution < 1.29 is 18.0 Å². The van der Waals surface area contributed by atoms with Gasteiger partial charge in [0.15, 0.2) is 0 Å². The molecule has 3 aromatic carbocycles. The Balaban J connectivity index is 1.87. The summed E-state index contributed by atoms with van der Waals surface area (Å²) >= 11 is 0. The first kappa shape index (κ1) is 30.9. The average Bonchev–Trinajstić information content (AvgIpc) is 2.93. The summed E-state index contributed by atoms with van der Waals surface area (Å²) in [4.78, 5) is 29.0. The Morgan fingerprint density at radius 3 is 2.17 bits per heavy atom. The third-order valence-electron chi connectivity index (χ3n) is 6.90. The smallest absolute Gasteiger partial charge is 0.243 e. The summed E-state index contributed by atoms with van der Waals surface area (Å²) in [7, 11) is -3.54. The van der Waals surface area contributed by atoms with Gasteiger partial charge in [0.25, 0.3) is 0 Å². The zero-order chi connectivity index (χ0) is 29.1. The molecule has 1 atom stereocenters. The van der Waals surface area contributed by atoms with Crippen molar-refractivity contribution in [2.45, 2.75) is 59.0 Å². The molecule has 0 saturated carbocycles. The number of anilines is 1. The topological polar surface area (TPSA) is 86.8 Å². The van der Waals surface area contributed by atoms with Gasteiger partial charge in [-0.25, -0.2) is 8.42 Å². The van der Waals surface area contributed by atoms with Gasteiger partial charge in [0, 0.05) is 32.5 Å². The van der Waals surface area contributed by atoms with Crippen LogP contribution in [0.4, 0.5) is 5.69 Å². The number of nitrogens with one attached hydrogen (secondary N) is 1. The van der Waals surface area contributed by atoms with Crippen LogP contribution in [-0.2, 0) is 32.6 Å². The number of amides is 2. The molecule has 0 saturated heterocycles. The molecule has 0 fully saturated rings. The molecule has 8 heteroatoms. The average molecular weight is 564 g/mol. The summed E-state index contributed by atoms with van der Waals surface area (Å²) in [5.74, 6) is -0.377. The second-order valence-electron chi connectivity index (χ2n) is 10.2. The minimum absolute atomic E-state index is 0.107. The lowest BCUT2D eigenvalue weighted by molar-refractivity contribution is -0.141. The molecule has 0 aliphatic heterocycles.